The van der Waals surface area contributed by atoms with E-state index in [1.54, 1.807) is 37.5 Å². The van der Waals surface area contributed by atoms with E-state index in [4.69, 9.17) is 0 Å². The Balaban J connectivity index is 1.95. The number of aromatic nitrogens is 2. The number of carboxylic acids is 1. The molecule has 1 aromatic carbocycles. The molecule has 1 atom stereocenters. The smallest absolute Gasteiger partial charge is 0.355 e. The Morgan fingerprint density at radius 1 is 1.39 bits per heavy atom. The first kappa shape index (κ1) is 15.4. The second kappa shape index (κ2) is 5.97. The third-order valence-corrected chi connectivity index (χ3v) is 4.32. The fraction of sp³-hybridized carbons (Fsp3) is 0.125. The fourth-order valence-electron chi connectivity index (χ4n) is 2.44. The molecule has 0 bridgehead atoms. The number of hydrogen-bond donors (Lipinski definition) is 2. The zero-order valence-corrected chi connectivity index (χ0v) is 13.5. The zero-order chi connectivity index (χ0) is 16.6. The van der Waals surface area contributed by atoms with Gasteiger partial charge in [-0.05, 0) is 30.2 Å². The first-order chi connectivity index (χ1) is 11.0. The summed E-state index contributed by atoms with van der Waals surface area (Å²) in [6.07, 6.45) is 3.14. The molecule has 3 rings (SSSR count). The zero-order valence-electron chi connectivity index (χ0n) is 12.4. The van der Waals surface area contributed by atoms with Crippen molar-refractivity contribution in [1.29, 1.82) is 0 Å². The number of benzene rings is 1. The van der Waals surface area contributed by atoms with E-state index < -0.39 is 5.97 Å². The standard InChI is InChI=1S/C16H15FN3O2P/c1-9-2-3-10(15(23)13(9)17)8-19-11-4-5-12-18-6-7-20(12)14(11)16(21)22/h2-7,19H,8,23H2,1H3,(H,21,22). The summed E-state index contributed by atoms with van der Waals surface area (Å²) in [5.41, 5.74) is 2.43. The summed E-state index contributed by atoms with van der Waals surface area (Å²) >= 11 is 0. The van der Waals surface area contributed by atoms with E-state index >= 15 is 0 Å². The minimum atomic E-state index is -1.06. The predicted molar refractivity (Wildman–Crippen MR) is 90.0 cm³/mol. The highest BCUT2D eigenvalue weighted by Crippen LogP contribution is 2.19. The lowest BCUT2D eigenvalue weighted by molar-refractivity contribution is 0.0690. The molecule has 23 heavy (non-hydrogen) atoms. The minimum absolute atomic E-state index is 0.0953. The van der Waals surface area contributed by atoms with Crippen molar-refractivity contribution in [2.45, 2.75) is 13.5 Å². The van der Waals surface area contributed by atoms with Gasteiger partial charge >= 0.3 is 5.97 Å². The van der Waals surface area contributed by atoms with Gasteiger partial charge in [-0.3, -0.25) is 4.40 Å². The molecular weight excluding hydrogens is 316 g/mol. The number of hydrogen-bond acceptors (Lipinski definition) is 3. The highest BCUT2D eigenvalue weighted by atomic mass is 31.0. The Hall–Kier alpha value is -2.46. The molecule has 0 saturated carbocycles. The molecule has 2 aromatic heterocycles. The van der Waals surface area contributed by atoms with Crippen molar-refractivity contribution in [3.05, 3.63) is 59.3 Å². The highest BCUT2D eigenvalue weighted by molar-refractivity contribution is 7.27. The summed E-state index contributed by atoms with van der Waals surface area (Å²) in [4.78, 5) is 15.6. The van der Waals surface area contributed by atoms with Crippen molar-refractivity contribution in [3.63, 3.8) is 0 Å². The van der Waals surface area contributed by atoms with Gasteiger partial charge in [0.2, 0.25) is 0 Å². The molecule has 0 aliphatic heterocycles. The Morgan fingerprint density at radius 3 is 2.91 bits per heavy atom. The molecule has 0 radical (unpaired) electrons. The van der Waals surface area contributed by atoms with E-state index in [0.717, 1.165) is 5.56 Å². The summed E-state index contributed by atoms with van der Waals surface area (Å²) < 4.78 is 15.4. The SMILES string of the molecule is Cc1ccc(CNc2ccc3nccn3c2C(=O)O)c(P)c1F. The Kier molecular flexibility index (Phi) is 4.01. The van der Waals surface area contributed by atoms with Crippen LogP contribution in [-0.2, 0) is 6.54 Å². The molecule has 1 unspecified atom stereocenters. The van der Waals surface area contributed by atoms with Gasteiger partial charge in [-0.25, -0.2) is 14.2 Å². The number of nitrogens with zero attached hydrogens (tertiary/aromatic N) is 2. The van der Waals surface area contributed by atoms with E-state index in [1.807, 2.05) is 6.07 Å². The summed E-state index contributed by atoms with van der Waals surface area (Å²) in [6.45, 7) is 2.02. The van der Waals surface area contributed by atoms with Crippen molar-refractivity contribution >= 4 is 31.8 Å². The Labute approximate surface area is 134 Å². The normalized spacial score (nSPS) is 10.9. The van der Waals surface area contributed by atoms with Crippen LogP contribution in [0.15, 0.2) is 36.7 Å². The van der Waals surface area contributed by atoms with Gasteiger partial charge in [-0.15, -0.1) is 9.24 Å². The second-order valence-corrected chi connectivity index (χ2v) is 5.76. The van der Waals surface area contributed by atoms with Crippen LogP contribution in [0.3, 0.4) is 0 Å². The Bertz CT molecular complexity index is 908. The molecule has 7 heteroatoms. The van der Waals surface area contributed by atoms with Crippen molar-refractivity contribution in [1.82, 2.24) is 9.38 Å². The molecule has 5 nitrogen and oxygen atoms in total. The highest BCUT2D eigenvalue weighted by Gasteiger charge is 2.15. The fourth-order valence-corrected chi connectivity index (χ4v) is 2.87. The van der Waals surface area contributed by atoms with Crippen LogP contribution in [0, 0.1) is 12.7 Å². The maximum Gasteiger partial charge on any atom is 0.355 e. The van der Waals surface area contributed by atoms with Gasteiger partial charge in [-0.1, -0.05) is 12.1 Å². The maximum absolute atomic E-state index is 13.9. The molecule has 0 aliphatic rings. The number of pyridine rings is 1. The van der Waals surface area contributed by atoms with E-state index in [0.29, 0.717) is 28.7 Å². The van der Waals surface area contributed by atoms with E-state index in [1.165, 1.54) is 4.40 Å². The average Bonchev–Trinajstić information content (AvgIpc) is 2.99. The van der Waals surface area contributed by atoms with Crippen LogP contribution >= 0.6 is 9.24 Å². The van der Waals surface area contributed by atoms with Gasteiger partial charge in [0, 0.05) is 24.2 Å². The number of carboxylic acid groups (broad SMARTS) is 1. The molecule has 0 saturated heterocycles. The molecule has 2 heterocycles. The van der Waals surface area contributed by atoms with Gasteiger partial charge in [0.25, 0.3) is 0 Å². The van der Waals surface area contributed by atoms with Gasteiger partial charge in [0.15, 0.2) is 5.69 Å². The van der Waals surface area contributed by atoms with E-state index in [2.05, 4.69) is 19.5 Å². The van der Waals surface area contributed by atoms with E-state index in [-0.39, 0.29) is 11.5 Å². The number of carbonyl (C=O) groups is 1. The summed E-state index contributed by atoms with van der Waals surface area (Å²) in [5.74, 6) is -1.32. The lowest BCUT2D eigenvalue weighted by Crippen LogP contribution is -2.15. The topological polar surface area (TPSA) is 66.6 Å². The molecular formula is C16H15FN3O2P. The predicted octanol–water partition coefficient (Wildman–Crippen LogP) is 2.59. The molecule has 0 fully saturated rings. The first-order valence-corrected chi connectivity index (χ1v) is 7.53. The number of halogens is 1. The lowest BCUT2D eigenvalue weighted by Gasteiger charge is -2.13. The molecule has 3 aromatic rings. The number of fused-ring (bicyclic) bond motifs is 1. The minimum Gasteiger partial charge on any atom is -0.476 e. The Morgan fingerprint density at radius 2 is 2.17 bits per heavy atom. The quantitative estimate of drug-likeness (QED) is 0.721. The largest absolute Gasteiger partial charge is 0.476 e. The molecule has 118 valence electrons. The van der Waals surface area contributed by atoms with Gasteiger partial charge < -0.3 is 10.4 Å². The molecule has 0 spiro atoms. The number of imidazole rings is 1. The summed E-state index contributed by atoms with van der Waals surface area (Å²) in [6, 6.07) is 6.92. The van der Waals surface area contributed by atoms with Crippen LogP contribution in [0.4, 0.5) is 10.1 Å². The second-order valence-electron chi connectivity index (χ2n) is 5.18. The lowest BCUT2D eigenvalue weighted by atomic mass is 10.1. The van der Waals surface area contributed by atoms with Crippen LogP contribution in [0.25, 0.3) is 5.65 Å². The number of nitrogens with one attached hydrogen (secondary N) is 1. The summed E-state index contributed by atoms with van der Waals surface area (Å²) in [5, 5.41) is 13.0. The van der Waals surface area contributed by atoms with Gasteiger partial charge in [0.05, 0.1) is 5.69 Å². The number of aryl methyl sites for hydroxylation is 1. The van der Waals surface area contributed by atoms with Gasteiger partial charge in [-0.2, -0.15) is 0 Å². The number of anilines is 1. The monoisotopic (exact) mass is 331 g/mol. The third-order valence-electron chi connectivity index (χ3n) is 3.70. The van der Waals surface area contributed by atoms with E-state index in [9.17, 15) is 14.3 Å². The van der Waals surface area contributed by atoms with Crippen molar-refractivity contribution in [2.75, 3.05) is 5.32 Å². The van der Waals surface area contributed by atoms with Crippen molar-refractivity contribution in [3.8, 4) is 0 Å². The summed E-state index contributed by atoms with van der Waals surface area (Å²) in [7, 11) is 2.39. The third kappa shape index (κ3) is 2.78. The molecule has 0 amide bonds. The van der Waals surface area contributed by atoms with Crippen LogP contribution < -0.4 is 10.6 Å². The number of rotatable bonds is 4. The maximum atomic E-state index is 13.9. The van der Waals surface area contributed by atoms with Gasteiger partial charge in [0.1, 0.15) is 11.5 Å². The van der Waals surface area contributed by atoms with Crippen molar-refractivity contribution < 1.29 is 14.3 Å². The van der Waals surface area contributed by atoms with Crippen LogP contribution in [-0.4, -0.2) is 20.5 Å². The number of aromatic carboxylic acids is 1. The molecule has 0 aliphatic carbocycles. The van der Waals surface area contributed by atoms with Crippen molar-refractivity contribution in [2.24, 2.45) is 0 Å². The molecule has 2 N–H and O–H groups in total. The van der Waals surface area contributed by atoms with Crippen LogP contribution in [0.1, 0.15) is 21.6 Å². The van der Waals surface area contributed by atoms with Crippen LogP contribution in [0.2, 0.25) is 0 Å². The average molecular weight is 331 g/mol. The first-order valence-electron chi connectivity index (χ1n) is 6.95. The van der Waals surface area contributed by atoms with Crippen LogP contribution in [0.5, 0.6) is 0 Å².